The van der Waals surface area contributed by atoms with Gasteiger partial charge in [0.15, 0.2) is 0 Å². The minimum absolute atomic E-state index is 0.0823. The topological polar surface area (TPSA) is 38.7 Å². The number of aliphatic hydroxyl groups is 1. The first kappa shape index (κ1) is 13.9. The molecule has 0 amide bonds. The average Bonchev–Trinajstić information content (AvgIpc) is 3.07. The van der Waals surface area contributed by atoms with Crippen molar-refractivity contribution in [3.05, 3.63) is 0 Å². The third-order valence-electron chi connectivity index (χ3n) is 3.62. The van der Waals surface area contributed by atoms with Gasteiger partial charge in [0.05, 0.1) is 12.1 Å². The molecular formula is C12H27N3O. The summed E-state index contributed by atoms with van der Waals surface area (Å²) < 4.78 is 0. The van der Waals surface area contributed by atoms with Gasteiger partial charge in [0.1, 0.15) is 0 Å². The Morgan fingerprint density at radius 2 is 1.88 bits per heavy atom. The van der Waals surface area contributed by atoms with Crippen LogP contribution in [0.4, 0.5) is 0 Å². The Morgan fingerprint density at radius 3 is 2.25 bits per heavy atom. The predicted octanol–water partition coefficient (Wildman–Crippen LogP) is -0.160. The molecule has 1 aliphatic rings. The largest absolute Gasteiger partial charge is 0.394 e. The molecule has 0 aromatic carbocycles. The van der Waals surface area contributed by atoms with E-state index in [1.165, 1.54) is 12.8 Å². The highest BCUT2D eigenvalue weighted by molar-refractivity contribution is 5.01. The van der Waals surface area contributed by atoms with Gasteiger partial charge < -0.3 is 20.2 Å². The first-order chi connectivity index (χ1) is 7.54. The van der Waals surface area contributed by atoms with E-state index in [2.05, 4.69) is 36.3 Å². The van der Waals surface area contributed by atoms with Crippen LogP contribution in [-0.2, 0) is 0 Å². The maximum atomic E-state index is 9.61. The molecule has 0 radical (unpaired) electrons. The molecule has 1 saturated carbocycles. The Labute approximate surface area is 99.6 Å². The molecule has 0 aromatic rings. The Hall–Kier alpha value is -0.160. The van der Waals surface area contributed by atoms with Crippen LogP contribution >= 0.6 is 0 Å². The van der Waals surface area contributed by atoms with Gasteiger partial charge in [-0.15, -0.1) is 0 Å². The van der Waals surface area contributed by atoms with E-state index in [9.17, 15) is 5.11 Å². The first-order valence-electron chi connectivity index (χ1n) is 6.17. The van der Waals surface area contributed by atoms with Crippen molar-refractivity contribution < 1.29 is 5.11 Å². The first-order valence-corrected chi connectivity index (χ1v) is 6.17. The summed E-state index contributed by atoms with van der Waals surface area (Å²) in [5.74, 6) is 0.657. The van der Waals surface area contributed by atoms with E-state index in [4.69, 9.17) is 0 Å². The molecule has 2 N–H and O–H groups in total. The van der Waals surface area contributed by atoms with Crippen LogP contribution in [0.3, 0.4) is 0 Å². The Balaban J connectivity index is 2.41. The third-order valence-corrected chi connectivity index (χ3v) is 3.62. The summed E-state index contributed by atoms with van der Waals surface area (Å²) in [6.45, 7) is 3.27. The van der Waals surface area contributed by atoms with Gasteiger partial charge in [0.25, 0.3) is 0 Å². The molecule has 1 rings (SSSR count). The van der Waals surface area contributed by atoms with Gasteiger partial charge in [-0.25, -0.2) is 0 Å². The quantitative estimate of drug-likeness (QED) is 0.607. The van der Waals surface area contributed by atoms with Gasteiger partial charge >= 0.3 is 0 Å². The maximum Gasteiger partial charge on any atom is 0.0628 e. The fraction of sp³-hybridized carbons (Fsp3) is 1.00. The van der Waals surface area contributed by atoms with Gasteiger partial charge in [-0.3, -0.25) is 0 Å². The van der Waals surface area contributed by atoms with Crippen molar-refractivity contribution in [3.8, 4) is 0 Å². The third kappa shape index (κ3) is 3.70. The van der Waals surface area contributed by atoms with Gasteiger partial charge in [-0.05, 0) is 47.0 Å². The normalized spacial score (nSPS) is 20.4. The Bertz CT molecular complexity index is 200. The lowest BCUT2D eigenvalue weighted by molar-refractivity contribution is 0.105. The molecule has 0 aliphatic heterocycles. The van der Waals surface area contributed by atoms with E-state index < -0.39 is 0 Å². The van der Waals surface area contributed by atoms with Crippen molar-refractivity contribution in [2.75, 3.05) is 54.4 Å². The maximum absolute atomic E-state index is 9.61. The number of rotatable bonds is 8. The van der Waals surface area contributed by atoms with Crippen LogP contribution in [0.2, 0.25) is 0 Å². The summed E-state index contributed by atoms with van der Waals surface area (Å²) in [5, 5.41) is 13.0. The monoisotopic (exact) mass is 229 g/mol. The molecule has 0 spiro atoms. The zero-order valence-corrected chi connectivity index (χ0v) is 11.2. The minimum atomic E-state index is -0.0823. The smallest absolute Gasteiger partial charge is 0.0628 e. The van der Waals surface area contributed by atoms with E-state index in [1.54, 1.807) is 0 Å². The molecule has 1 unspecified atom stereocenters. The SMILES string of the molecule is CNC(CO)(CN(C)CCN(C)C)C1CC1. The second kappa shape index (κ2) is 5.96. The number of nitrogens with zero attached hydrogens (tertiary/aromatic N) is 2. The molecule has 4 heteroatoms. The molecule has 0 saturated heterocycles. The van der Waals surface area contributed by atoms with Crippen LogP contribution in [0.5, 0.6) is 0 Å². The molecule has 0 heterocycles. The van der Waals surface area contributed by atoms with Crippen molar-refractivity contribution >= 4 is 0 Å². The minimum Gasteiger partial charge on any atom is -0.394 e. The number of nitrogens with one attached hydrogen (secondary N) is 1. The number of hydrogen-bond acceptors (Lipinski definition) is 4. The summed E-state index contributed by atoms with van der Waals surface area (Å²) in [5.41, 5.74) is -0.0823. The highest BCUT2D eigenvalue weighted by Crippen LogP contribution is 2.39. The fourth-order valence-electron chi connectivity index (χ4n) is 2.24. The van der Waals surface area contributed by atoms with Crippen LogP contribution in [0.15, 0.2) is 0 Å². The molecule has 16 heavy (non-hydrogen) atoms. The standard InChI is InChI=1S/C12H27N3O/c1-13-12(10-16,11-5-6-11)9-15(4)8-7-14(2)3/h11,13,16H,5-10H2,1-4H3. The average molecular weight is 229 g/mol. The summed E-state index contributed by atoms with van der Waals surface area (Å²) in [7, 11) is 8.28. The van der Waals surface area contributed by atoms with E-state index >= 15 is 0 Å². The molecule has 0 aromatic heterocycles. The van der Waals surface area contributed by atoms with Crippen LogP contribution in [-0.4, -0.2) is 74.9 Å². The van der Waals surface area contributed by atoms with Crippen molar-refractivity contribution in [2.45, 2.75) is 18.4 Å². The predicted molar refractivity (Wildman–Crippen MR) is 67.7 cm³/mol. The number of hydrogen-bond donors (Lipinski definition) is 2. The summed E-state index contributed by atoms with van der Waals surface area (Å²) in [4.78, 5) is 4.50. The van der Waals surface area contributed by atoms with Crippen molar-refractivity contribution in [3.63, 3.8) is 0 Å². The van der Waals surface area contributed by atoms with Crippen molar-refractivity contribution in [1.29, 1.82) is 0 Å². The lowest BCUT2D eigenvalue weighted by Crippen LogP contribution is -2.56. The second-order valence-corrected chi connectivity index (χ2v) is 5.38. The summed E-state index contributed by atoms with van der Waals surface area (Å²) in [6, 6.07) is 0. The zero-order chi connectivity index (χ0) is 12.2. The molecule has 4 nitrogen and oxygen atoms in total. The molecule has 1 aliphatic carbocycles. The Morgan fingerprint density at radius 1 is 1.25 bits per heavy atom. The fourth-order valence-corrected chi connectivity index (χ4v) is 2.24. The van der Waals surface area contributed by atoms with E-state index in [1.807, 2.05) is 7.05 Å². The second-order valence-electron chi connectivity index (χ2n) is 5.38. The lowest BCUT2D eigenvalue weighted by atomic mass is 9.93. The van der Waals surface area contributed by atoms with Gasteiger partial charge in [-0.1, -0.05) is 0 Å². The van der Waals surface area contributed by atoms with E-state index in [0.717, 1.165) is 19.6 Å². The van der Waals surface area contributed by atoms with Crippen LogP contribution in [0.1, 0.15) is 12.8 Å². The van der Waals surface area contributed by atoms with E-state index in [-0.39, 0.29) is 12.1 Å². The number of likely N-dealkylation sites (N-methyl/N-ethyl adjacent to an activating group) is 3. The summed E-state index contributed by atoms with van der Waals surface area (Å²) >= 11 is 0. The van der Waals surface area contributed by atoms with Gasteiger partial charge in [0, 0.05) is 19.6 Å². The number of aliphatic hydroxyl groups excluding tert-OH is 1. The van der Waals surface area contributed by atoms with Gasteiger partial charge in [0.2, 0.25) is 0 Å². The van der Waals surface area contributed by atoms with Crippen LogP contribution in [0, 0.1) is 5.92 Å². The molecular weight excluding hydrogens is 202 g/mol. The zero-order valence-electron chi connectivity index (χ0n) is 11.2. The van der Waals surface area contributed by atoms with E-state index in [0.29, 0.717) is 5.92 Å². The molecule has 1 fully saturated rings. The molecule has 0 bridgehead atoms. The highest BCUT2D eigenvalue weighted by Gasteiger charge is 2.44. The van der Waals surface area contributed by atoms with Crippen molar-refractivity contribution in [1.82, 2.24) is 15.1 Å². The molecule has 1 atom stereocenters. The van der Waals surface area contributed by atoms with Crippen LogP contribution < -0.4 is 5.32 Å². The molecule has 96 valence electrons. The van der Waals surface area contributed by atoms with Gasteiger partial charge in [-0.2, -0.15) is 0 Å². The van der Waals surface area contributed by atoms with Crippen LogP contribution in [0.25, 0.3) is 0 Å². The summed E-state index contributed by atoms with van der Waals surface area (Å²) in [6.07, 6.45) is 2.51. The Kier molecular flexibility index (Phi) is 5.18. The highest BCUT2D eigenvalue weighted by atomic mass is 16.3. The van der Waals surface area contributed by atoms with Crippen molar-refractivity contribution in [2.24, 2.45) is 5.92 Å². The lowest BCUT2D eigenvalue weighted by Gasteiger charge is -2.36.